The fourth-order valence-electron chi connectivity index (χ4n) is 3.55. The molecule has 24 heavy (non-hydrogen) atoms. The van der Waals surface area contributed by atoms with E-state index in [1.165, 1.54) is 10.9 Å². The summed E-state index contributed by atoms with van der Waals surface area (Å²) in [6.45, 7) is 4.21. The van der Waals surface area contributed by atoms with Crippen LogP contribution in [0.1, 0.15) is 22.7 Å². The van der Waals surface area contributed by atoms with Crippen molar-refractivity contribution >= 4 is 20.9 Å². The van der Waals surface area contributed by atoms with E-state index in [9.17, 15) is 8.42 Å². The number of aromatic nitrogens is 2. The van der Waals surface area contributed by atoms with Gasteiger partial charge >= 0.3 is 0 Å². The standard InChI is InChI=1S/C17H19N3O3S/c1-11-17(12(2)23-19-11)24(21,22)20-9-7-14-13-5-3-4-6-15(13)18-16(14)8-10-20/h3-6,18H,7-10H2,1-2H3. The Labute approximate surface area is 140 Å². The van der Waals surface area contributed by atoms with E-state index in [2.05, 4.69) is 22.3 Å². The maximum Gasteiger partial charge on any atom is 0.248 e. The van der Waals surface area contributed by atoms with E-state index in [-0.39, 0.29) is 4.90 Å². The molecule has 0 saturated heterocycles. The number of benzene rings is 1. The largest absolute Gasteiger partial charge is 0.360 e. The van der Waals surface area contributed by atoms with Crippen molar-refractivity contribution in [1.82, 2.24) is 14.4 Å². The molecule has 4 rings (SSSR count). The van der Waals surface area contributed by atoms with Crippen LogP contribution in [0.15, 0.2) is 33.7 Å². The molecule has 0 atom stereocenters. The van der Waals surface area contributed by atoms with Crippen LogP contribution in [0.5, 0.6) is 0 Å². The summed E-state index contributed by atoms with van der Waals surface area (Å²) >= 11 is 0. The van der Waals surface area contributed by atoms with Crippen LogP contribution in [0.4, 0.5) is 0 Å². The number of H-pyrrole nitrogens is 1. The first-order valence-electron chi connectivity index (χ1n) is 8.00. The second-order valence-corrected chi connectivity index (χ2v) is 8.06. The maximum atomic E-state index is 13.0. The second kappa shape index (κ2) is 5.46. The predicted octanol–water partition coefficient (Wildman–Crippen LogP) is 2.56. The Balaban J connectivity index is 1.69. The van der Waals surface area contributed by atoms with Crippen LogP contribution in [0.25, 0.3) is 10.9 Å². The molecule has 1 N–H and O–H groups in total. The van der Waals surface area contributed by atoms with Gasteiger partial charge in [-0.1, -0.05) is 23.4 Å². The Morgan fingerprint density at radius 2 is 1.92 bits per heavy atom. The third-order valence-electron chi connectivity index (χ3n) is 4.69. The lowest BCUT2D eigenvalue weighted by Gasteiger charge is -2.19. The summed E-state index contributed by atoms with van der Waals surface area (Å²) in [6, 6.07) is 8.16. The number of para-hydroxylation sites is 1. The Kier molecular flexibility index (Phi) is 3.51. The zero-order chi connectivity index (χ0) is 16.9. The summed E-state index contributed by atoms with van der Waals surface area (Å²) in [5, 5.41) is 4.97. The average molecular weight is 345 g/mol. The number of aromatic amines is 1. The molecule has 1 aliphatic heterocycles. The molecule has 0 radical (unpaired) electrons. The summed E-state index contributed by atoms with van der Waals surface area (Å²) in [5.74, 6) is 0.348. The van der Waals surface area contributed by atoms with Crippen LogP contribution in [0, 0.1) is 13.8 Å². The van der Waals surface area contributed by atoms with Crippen LogP contribution in [-0.2, 0) is 22.9 Å². The lowest BCUT2D eigenvalue weighted by Crippen LogP contribution is -2.34. The zero-order valence-electron chi connectivity index (χ0n) is 13.7. The molecule has 7 heteroatoms. The Morgan fingerprint density at radius 3 is 2.67 bits per heavy atom. The van der Waals surface area contributed by atoms with Crippen molar-refractivity contribution in [2.45, 2.75) is 31.6 Å². The maximum absolute atomic E-state index is 13.0. The van der Waals surface area contributed by atoms with Crippen molar-refractivity contribution in [1.29, 1.82) is 0 Å². The first-order valence-corrected chi connectivity index (χ1v) is 9.44. The van der Waals surface area contributed by atoms with E-state index in [1.807, 2.05) is 12.1 Å². The lowest BCUT2D eigenvalue weighted by atomic mass is 10.1. The SMILES string of the molecule is Cc1noc(C)c1S(=O)(=O)N1CCc2[nH]c3ccccc3c2CC1. The number of sulfonamides is 1. The number of rotatable bonds is 2. The summed E-state index contributed by atoms with van der Waals surface area (Å²) in [7, 11) is -3.59. The number of hydrogen-bond donors (Lipinski definition) is 1. The van der Waals surface area contributed by atoms with E-state index in [0.717, 1.165) is 11.2 Å². The van der Waals surface area contributed by atoms with Gasteiger partial charge in [0.2, 0.25) is 10.0 Å². The molecule has 0 spiro atoms. The molecule has 0 aliphatic carbocycles. The molecular formula is C17H19N3O3S. The fraction of sp³-hybridized carbons (Fsp3) is 0.353. The smallest absolute Gasteiger partial charge is 0.248 e. The molecule has 6 nitrogen and oxygen atoms in total. The highest BCUT2D eigenvalue weighted by atomic mass is 32.2. The number of aryl methyl sites for hydroxylation is 2. The van der Waals surface area contributed by atoms with E-state index in [1.54, 1.807) is 18.2 Å². The van der Waals surface area contributed by atoms with E-state index in [0.29, 0.717) is 37.4 Å². The highest BCUT2D eigenvalue weighted by Crippen LogP contribution is 2.29. The van der Waals surface area contributed by atoms with Gasteiger partial charge in [0.25, 0.3) is 0 Å². The van der Waals surface area contributed by atoms with Gasteiger partial charge < -0.3 is 9.51 Å². The summed E-state index contributed by atoms with van der Waals surface area (Å²) in [6.07, 6.45) is 1.37. The number of hydrogen-bond acceptors (Lipinski definition) is 4. The van der Waals surface area contributed by atoms with Gasteiger partial charge in [0.05, 0.1) is 0 Å². The molecule has 126 valence electrons. The van der Waals surface area contributed by atoms with E-state index in [4.69, 9.17) is 4.52 Å². The van der Waals surface area contributed by atoms with Gasteiger partial charge in [0, 0.05) is 36.1 Å². The first kappa shape index (κ1) is 15.4. The normalized spacial score (nSPS) is 16.2. The summed E-state index contributed by atoms with van der Waals surface area (Å²) in [5.41, 5.74) is 3.89. The number of nitrogens with one attached hydrogen (secondary N) is 1. The number of fused-ring (bicyclic) bond motifs is 3. The Morgan fingerprint density at radius 1 is 1.17 bits per heavy atom. The van der Waals surface area contributed by atoms with Crippen molar-refractivity contribution in [2.24, 2.45) is 0 Å². The quantitative estimate of drug-likeness (QED) is 0.774. The highest BCUT2D eigenvalue weighted by molar-refractivity contribution is 7.89. The highest BCUT2D eigenvalue weighted by Gasteiger charge is 2.32. The van der Waals surface area contributed by atoms with Crippen LogP contribution in [0.2, 0.25) is 0 Å². The second-order valence-electron chi connectivity index (χ2n) is 6.19. The van der Waals surface area contributed by atoms with E-state index < -0.39 is 10.0 Å². The van der Waals surface area contributed by atoms with Crippen molar-refractivity contribution in [3.63, 3.8) is 0 Å². The minimum Gasteiger partial charge on any atom is -0.360 e. The van der Waals surface area contributed by atoms with Gasteiger partial charge in [-0.15, -0.1) is 0 Å². The van der Waals surface area contributed by atoms with Gasteiger partial charge in [-0.3, -0.25) is 0 Å². The monoisotopic (exact) mass is 345 g/mol. The van der Waals surface area contributed by atoms with Crippen molar-refractivity contribution in [3.8, 4) is 0 Å². The summed E-state index contributed by atoms with van der Waals surface area (Å²) in [4.78, 5) is 3.64. The fourth-order valence-corrected chi connectivity index (χ4v) is 5.28. The summed E-state index contributed by atoms with van der Waals surface area (Å²) < 4.78 is 32.6. The van der Waals surface area contributed by atoms with Crippen LogP contribution in [-0.4, -0.2) is 36.0 Å². The zero-order valence-corrected chi connectivity index (χ0v) is 14.5. The molecule has 3 aromatic rings. The Hall–Kier alpha value is -2.12. The van der Waals surface area contributed by atoms with Crippen molar-refractivity contribution < 1.29 is 12.9 Å². The minimum atomic E-state index is -3.59. The lowest BCUT2D eigenvalue weighted by molar-refractivity contribution is 0.388. The first-order chi connectivity index (χ1) is 11.5. The Bertz CT molecular complexity index is 998. The molecule has 2 aromatic heterocycles. The molecule has 0 fully saturated rings. The van der Waals surface area contributed by atoms with Gasteiger partial charge in [0.1, 0.15) is 10.6 Å². The van der Waals surface area contributed by atoms with Gasteiger partial charge in [-0.25, -0.2) is 8.42 Å². The number of nitrogens with zero attached hydrogens (tertiary/aromatic N) is 2. The van der Waals surface area contributed by atoms with Crippen molar-refractivity contribution in [2.75, 3.05) is 13.1 Å². The van der Waals surface area contributed by atoms with Crippen LogP contribution < -0.4 is 0 Å². The molecule has 0 bridgehead atoms. The molecule has 0 unspecified atom stereocenters. The van der Waals surface area contributed by atoms with E-state index >= 15 is 0 Å². The van der Waals surface area contributed by atoms with Crippen LogP contribution >= 0.6 is 0 Å². The molecule has 0 amide bonds. The predicted molar refractivity (Wildman–Crippen MR) is 90.4 cm³/mol. The van der Waals surface area contributed by atoms with Gasteiger partial charge in [-0.05, 0) is 31.9 Å². The van der Waals surface area contributed by atoms with Gasteiger partial charge in [-0.2, -0.15) is 4.31 Å². The van der Waals surface area contributed by atoms with Crippen LogP contribution in [0.3, 0.4) is 0 Å². The third kappa shape index (κ3) is 2.27. The topological polar surface area (TPSA) is 79.2 Å². The molecule has 0 saturated carbocycles. The molecule has 1 aliphatic rings. The molecule has 1 aromatic carbocycles. The molecule has 3 heterocycles. The van der Waals surface area contributed by atoms with Gasteiger partial charge in [0.15, 0.2) is 5.76 Å². The minimum absolute atomic E-state index is 0.206. The molecular weight excluding hydrogens is 326 g/mol. The average Bonchev–Trinajstić information content (AvgIpc) is 2.99. The van der Waals surface area contributed by atoms with Crippen molar-refractivity contribution in [3.05, 3.63) is 47.0 Å². The third-order valence-corrected chi connectivity index (χ3v) is 6.83.